The Labute approximate surface area is 400 Å². The van der Waals surface area contributed by atoms with Crippen LogP contribution >= 0.6 is 23.5 Å². The molecule has 0 radical (unpaired) electrons. The molecule has 0 spiro atoms. The lowest BCUT2D eigenvalue weighted by Crippen LogP contribution is -2.46. The van der Waals surface area contributed by atoms with Crippen molar-refractivity contribution in [2.75, 3.05) is 0 Å². The molecule has 0 bridgehead atoms. The fraction of sp³-hybridized carbons (Fsp3) is 0.387. The van der Waals surface area contributed by atoms with E-state index >= 15 is 0 Å². The van der Waals surface area contributed by atoms with Gasteiger partial charge in [-0.1, -0.05) is 173 Å². The van der Waals surface area contributed by atoms with Crippen LogP contribution in [0.1, 0.15) is 109 Å². The van der Waals surface area contributed by atoms with Crippen LogP contribution in [0.25, 0.3) is 0 Å². The highest BCUT2D eigenvalue weighted by Gasteiger charge is 2.67. The second-order valence-electron chi connectivity index (χ2n) is 23.3. The van der Waals surface area contributed by atoms with Crippen molar-refractivity contribution in [2.45, 2.75) is 119 Å². The zero-order valence-corrected chi connectivity index (χ0v) is 39.4. The van der Waals surface area contributed by atoms with E-state index in [1.807, 2.05) is 22.2 Å². The molecule has 0 amide bonds. The Hall–Kier alpha value is -4.11. The molecular weight excluding hydrogens is 830 g/mol. The molecule has 6 aliphatic heterocycles. The summed E-state index contributed by atoms with van der Waals surface area (Å²) in [5.41, 5.74) is 22.8. The van der Waals surface area contributed by atoms with Gasteiger partial charge in [-0.15, -0.1) is 23.5 Å². The summed E-state index contributed by atoms with van der Waals surface area (Å²) in [6.45, 7) is 1.22. The number of rotatable bonds is 2. The predicted octanol–water partition coefficient (Wildman–Crippen LogP) is 15.1. The molecule has 4 aromatic rings. The minimum atomic E-state index is 0.512. The van der Waals surface area contributed by atoms with E-state index in [-0.39, 0.29) is 0 Å². The molecule has 13 aliphatic rings. The van der Waals surface area contributed by atoms with Crippen LogP contribution in [0.15, 0.2) is 195 Å². The number of hydrogen-bond acceptors (Lipinski definition) is 2. The van der Waals surface area contributed by atoms with Gasteiger partial charge < -0.3 is 0 Å². The average Bonchev–Trinajstić information content (AvgIpc) is 4.29. The predicted molar refractivity (Wildman–Crippen MR) is 277 cm³/mol. The summed E-state index contributed by atoms with van der Waals surface area (Å²) in [6.07, 6.45) is 27.0. The molecule has 17 rings (SSSR count). The van der Waals surface area contributed by atoms with E-state index in [1.165, 1.54) is 51.4 Å². The molecule has 16 atom stereocenters. The highest BCUT2D eigenvalue weighted by molar-refractivity contribution is 8.02. The van der Waals surface area contributed by atoms with Gasteiger partial charge in [0.1, 0.15) is 0 Å². The summed E-state index contributed by atoms with van der Waals surface area (Å²) in [7, 11) is 0. The molecule has 5 fully saturated rings. The fourth-order valence-corrected chi connectivity index (χ4v) is 21.9. The summed E-state index contributed by atoms with van der Waals surface area (Å²) in [5.74, 6) is 8.82. The van der Waals surface area contributed by atoms with Crippen molar-refractivity contribution in [1.82, 2.24) is 0 Å². The SMILES string of the molecule is C1=CC2C3B(C4=C(CC3=C1)CC1SC3CC5C(C=C3C1=C4)B1C3=C(CCC=C3C3CC35)C(c3ccccc3)C3c4ccccc4C4CC4C13)C1Sc3ccccc3C1CC2c1ccccc1. The third kappa shape index (κ3) is 5.10. The van der Waals surface area contributed by atoms with Gasteiger partial charge in [-0.05, 0) is 167 Å². The molecule has 322 valence electrons. The third-order valence-corrected chi connectivity index (χ3v) is 23.9. The monoisotopic (exact) mass is 886 g/mol. The normalized spacial score (nSPS) is 40.5. The first-order chi connectivity index (χ1) is 32.7. The largest absolute Gasteiger partial charge is 0.198 e. The van der Waals surface area contributed by atoms with E-state index in [1.54, 1.807) is 54.9 Å². The Morgan fingerprint density at radius 3 is 2.29 bits per heavy atom. The first-order valence-electron chi connectivity index (χ1n) is 26.3. The van der Waals surface area contributed by atoms with Gasteiger partial charge in [0.15, 0.2) is 13.4 Å². The van der Waals surface area contributed by atoms with Crippen molar-refractivity contribution in [3.05, 3.63) is 218 Å². The van der Waals surface area contributed by atoms with Gasteiger partial charge in [0, 0.05) is 26.5 Å². The summed E-state index contributed by atoms with van der Waals surface area (Å²) < 4.78 is 0. The minimum Gasteiger partial charge on any atom is -0.145 e. The van der Waals surface area contributed by atoms with Crippen molar-refractivity contribution in [3.63, 3.8) is 0 Å². The maximum absolute atomic E-state index is 3.07. The third-order valence-electron chi connectivity index (χ3n) is 20.8. The summed E-state index contributed by atoms with van der Waals surface area (Å²) in [4.78, 5) is 1.56. The van der Waals surface area contributed by atoms with Gasteiger partial charge in [-0.2, -0.15) is 0 Å². The molecule has 2 saturated carbocycles. The zero-order chi connectivity index (χ0) is 42.5. The first kappa shape index (κ1) is 37.8. The molecule has 6 heterocycles. The number of thioether (sulfide) groups is 2. The van der Waals surface area contributed by atoms with Crippen LogP contribution in [0.5, 0.6) is 0 Å². The van der Waals surface area contributed by atoms with Gasteiger partial charge in [0.05, 0.1) is 0 Å². The molecule has 0 N–H and O–H groups in total. The van der Waals surface area contributed by atoms with E-state index in [0.717, 1.165) is 35.4 Å². The Bertz CT molecular complexity index is 3020. The second kappa shape index (κ2) is 13.8. The van der Waals surface area contributed by atoms with Crippen molar-refractivity contribution in [1.29, 1.82) is 0 Å². The van der Waals surface area contributed by atoms with Crippen LogP contribution in [0, 0.1) is 29.6 Å². The van der Waals surface area contributed by atoms with Crippen LogP contribution in [0.4, 0.5) is 0 Å². The van der Waals surface area contributed by atoms with Crippen molar-refractivity contribution < 1.29 is 0 Å². The van der Waals surface area contributed by atoms with E-state index in [4.69, 9.17) is 0 Å². The number of allylic oxidation sites excluding steroid dienone is 12. The van der Waals surface area contributed by atoms with Gasteiger partial charge >= 0.3 is 0 Å². The summed E-state index contributed by atoms with van der Waals surface area (Å²) >= 11 is 4.68. The smallest absolute Gasteiger partial charge is 0.145 e. The van der Waals surface area contributed by atoms with Gasteiger partial charge in [-0.25, -0.2) is 0 Å². The summed E-state index contributed by atoms with van der Waals surface area (Å²) in [6, 6.07) is 43.1. The fourth-order valence-electron chi connectivity index (χ4n) is 18.5. The molecule has 16 unspecified atom stereocenters. The van der Waals surface area contributed by atoms with Crippen LogP contribution in [-0.4, -0.2) is 29.1 Å². The lowest BCUT2D eigenvalue weighted by molar-refractivity contribution is 0.399. The van der Waals surface area contributed by atoms with E-state index in [0.29, 0.717) is 70.3 Å². The molecule has 4 heteroatoms. The highest BCUT2D eigenvalue weighted by atomic mass is 32.2. The maximum atomic E-state index is 3.07. The topological polar surface area (TPSA) is 0 Å². The Balaban J connectivity index is 0.825. The van der Waals surface area contributed by atoms with Crippen LogP contribution < -0.4 is 0 Å². The number of benzene rings is 4. The molecule has 0 nitrogen and oxygen atoms in total. The number of fused-ring (bicyclic) bond motifs is 20. The average molecular weight is 887 g/mol. The minimum absolute atomic E-state index is 0.512. The van der Waals surface area contributed by atoms with Gasteiger partial charge in [0.25, 0.3) is 0 Å². The van der Waals surface area contributed by atoms with Crippen molar-refractivity contribution >= 4 is 36.9 Å². The van der Waals surface area contributed by atoms with E-state index in [2.05, 4.69) is 169 Å². The van der Waals surface area contributed by atoms with Crippen molar-refractivity contribution in [3.8, 4) is 0 Å². The van der Waals surface area contributed by atoms with E-state index < -0.39 is 0 Å². The molecule has 0 aromatic heterocycles. The molecule has 4 aromatic carbocycles. The van der Waals surface area contributed by atoms with E-state index in [9.17, 15) is 0 Å². The zero-order valence-electron chi connectivity index (χ0n) is 37.7. The first-order valence-corrected chi connectivity index (χ1v) is 28.1. The lowest BCUT2D eigenvalue weighted by Gasteiger charge is -2.52. The Kier molecular flexibility index (Phi) is 7.90. The summed E-state index contributed by atoms with van der Waals surface area (Å²) in [5, 5.41) is 1.86. The molecule has 3 saturated heterocycles. The maximum Gasteiger partial charge on any atom is 0.198 e. The molecule has 7 aliphatic carbocycles. The molecule has 66 heavy (non-hydrogen) atoms. The highest BCUT2D eigenvalue weighted by Crippen LogP contribution is 2.76. The number of hydrogen-bond donors (Lipinski definition) is 0. The Morgan fingerprint density at radius 1 is 0.621 bits per heavy atom. The Morgan fingerprint density at radius 2 is 1.41 bits per heavy atom. The standard InChI is InChI=1S/C62H56B2S2/c1-3-13-33(14-4-1)43-27-51-38-19-9-10-24-54(38)66-62(51)64-52-30-48-49-31-53-47(32-56(49)65-55(48)26-36(52)25-35-17-11-21-40(43)59(35)64)46-28-45(46)41-22-12-23-42-57(34-15-5-2-6-16-34)58-39-20-8-7-18-37(39)44-29-50(44)61(58)63(53)60(41)42/h1-11,13-22,24,30-31,40,43-47,50-51,53,55-59,61-62H,12,23,25-29,32H2. The molecular formula is C62H56B2S2. The lowest BCUT2D eigenvalue weighted by atomic mass is 9.21. The van der Waals surface area contributed by atoms with Gasteiger partial charge in [-0.3, -0.25) is 0 Å². The second-order valence-corrected chi connectivity index (χ2v) is 25.9. The van der Waals surface area contributed by atoms with Crippen LogP contribution in [-0.2, 0) is 0 Å². The van der Waals surface area contributed by atoms with Gasteiger partial charge in [0.2, 0.25) is 0 Å². The van der Waals surface area contributed by atoms with Crippen molar-refractivity contribution in [2.24, 2.45) is 29.6 Å². The quantitative estimate of drug-likeness (QED) is 0.184. The van der Waals surface area contributed by atoms with Crippen LogP contribution in [0.2, 0.25) is 17.5 Å². The van der Waals surface area contributed by atoms with Crippen LogP contribution in [0.3, 0.4) is 0 Å².